The van der Waals surface area contributed by atoms with Crippen LogP contribution in [0.25, 0.3) is 0 Å². The maximum Gasteiger partial charge on any atom is 0.0238 e. The predicted octanol–water partition coefficient (Wildman–Crippen LogP) is 7.26. The van der Waals surface area contributed by atoms with Crippen molar-refractivity contribution in [1.82, 2.24) is 5.06 Å². The molecular formula is C20H45F2NO. The molecule has 0 spiro atoms. The summed E-state index contributed by atoms with van der Waals surface area (Å²) in [5.74, 6) is 0. The lowest BCUT2D eigenvalue weighted by Crippen LogP contribution is -2.19. The maximum absolute atomic E-state index is 9.31. The van der Waals surface area contributed by atoms with Crippen LogP contribution in [0, 0.1) is 0 Å². The third-order valence-corrected chi connectivity index (χ3v) is 4.63. The molecule has 2 nitrogen and oxygen atoms in total. The number of nitrogens with zero attached hydrogens (tertiary/aromatic N) is 1. The minimum Gasteiger partial charge on any atom is -0.314 e. The molecule has 0 aliphatic rings. The molecule has 24 heavy (non-hydrogen) atoms. The summed E-state index contributed by atoms with van der Waals surface area (Å²) >= 11 is 0. The lowest BCUT2D eigenvalue weighted by molar-refractivity contribution is -0.0869. The van der Waals surface area contributed by atoms with E-state index in [2.05, 4.69) is 6.92 Å². The Morgan fingerprint density at radius 3 is 1.08 bits per heavy atom. The minimum absolute atomic E-state index is 0. The third-order valence-electron chi connectivity index (χ3n) is 4.63. The minimum atomic E-state index is 0. The summed E-state index contributed by atoms with van der Waals surface area (Å²) in [5.41, 5.74) is 0. The van der Waals surface area contributed by atoms with Crippen LogP contribution in [-0.4, -0.2) is 23.4 Å². The Balaban J connectivity index is -0.00000220. The van der Waals surface area contributed by atoms with Crippen LogP contribution in [0.1, 0.15) is 117 Å². The second kappa shape index (κ2) is 25.0. The zero-order chi connectivity index (χ0) is 16.3. The van der Waals surface area contributed by atoms with Gasteiger partial charge in [-0.15, -0.1) is 0 Å². The predicted molar refractivity (Wildman–Crippen MR) is 104 cm³/mol. The highest BCUT2D eigenvalue weighted by Gasteiger charge is 1.97. The first-order valence-corrected chi connectivity index (χ1v) is 10.2. The van der Waals surface area contributed by atoms with Crippen LogP contribution in [0.2, 0.25) is 0 Å². The molecular weight excluding hydrogens is 308 g/mol. The molecule has 0 rings (SSSR count). The number of hydrogen-bond acceptors (Lipinski definition) is 2. The Labute approximate surface area is 150 Å². The molecule has 0 bridgehead atoms. The molecule has 0 radical (unpaired) electrons. The van der Waals surface area contributed by atoms with E-state index in [0.717, 1.165) is 19.5 Å². The van der Waals surface area contributed by atoms with E-state index in [1.54, 1.807) is 0 Å². The van der Waals surface area contributed by atoms with Crippen molar-refractivity contribution < 1.29 is 14.6 Å². The van der Waals surface area contributed by atoms with E-state index < -0.39 is 0 Å². The van der Waals surface area contributed by atoms with Gasteiger partial charge in [-0.2, -0.15) is 5.06 Å². The zero-order valence-corrected chi connectivity index (χ0v) is 16.4. The number of halogens is 2. The van der Waals surface area contributed by atoms with E-state index in [1.807, 2.05) is 6.92 Å². The summed E-state index contributed by atoms with van der Waals surface area (Å²) in [6.07, 6.45) is 22.4. The molecule has 0 aliphatic carbocycles. The molecule has 0 saturated carbocycles. The molecule has 0 saturated heterocycles. The summed E-state index contributed by atoms with van der Waals surface area (Å²) in [6, 6.07) is 0. The summed E-state index contributed by atoms with van der Waals surface area (Å²) in [6.45, 7) is 5.87. The topological polar surface area (TPSA) is 23.5 Å². The standard InChI is InChI=1S/C20H43NO.2FH/c1-3-5-6-7-8-9-10-11-12-13-14-15-16-17-18-19-20-21(22)4-2;;/h22H,3-20H2,1-2H3;2*1H. The molecule has 1 N–H and O–H groups in total. The van der Waals surface area contributed by atoms with Crippen molar-refractivity contribution in [2.75, 3.05) is 13.1 Å². The first-order chi connectivity index (χ1) is 10.8. The average Bonchev–Trinajstić information content (AvgIpc) is 2.54. The first kappa shape index (κ1) is 28.6. The molecule has 0 amide bonds. The summed E-state index contributed by atoms with van der Waals surface area (Å²) in [4.78, 5) is 0. The smallest absolute Gasteiger partial charge is 0.0238 e. The Morgan fingerprint density at radius 1 is 0.500 bits per heavy atom. The second-order valence-electron chi connectivity index (χ2n) is 6.85. The highest BCUT2D eigenvalue weighted by molar-refractivity contribution is 4.50. The molecule has 0 unspecified atom stereocenters. The van der Waals surface area contributed by atoms with Gasteiger partial charge in [0.2, 0.25) is 0 Å². The number of hydroxylamine groups is 2. The van der Waals surface area contributed by atoms with Crippen LogP contribution in [0.15, 0.2) is 0 Å². The summed E-state index contributed by atoms with van der Waals surface area (Å²) in [7, 11) is 0. The molecule has 0 aromatic heterocycles. The van der Waals surface area contributed by atoms with Gasteiger partial charge >= 0.3 is 0 Å². The highest BCUT2D eigenvalue weighted by atomic mass is 19.0. The second-order valence-corrected chi connectivity index (χ2v) is 6.85. The van der Waals surface area contributed by atoms with Crippen molar-refractivity contribution in [2.24, 2.45) is 0 Å². The van der Waals surface area contributed by atoms with Gasteiger partial charge in [-0.1, -0.05) is 110 Å². The van der Waals surface area contributed by atoms with Gasteiger partial charge in [-0.05, 0) is 6.42 Å². The molecule has 4 heteroatoms. The van der Waals surface area contributed by atoms with Gasteiger partial charge in [0, 0.05) is 13.1 Å². The Hall–Kier alpha value is -0.220. The van der Waals surface area contributed by atoms with Crippen molar-refractivity contribution in [3.8, 4) is 0 Å². The number of hydrogen-bond donors (Lipinski definition) is 1. The van der Waals surface area contributed by atoms with E-state index in [0.29, 0.717) is 0 Å². The molecule has 0 aliphatic heterocycles. The Morgan fingerprint density at radius 2 is 0.792 bits per heavy atom. The quantitative estimate of drug-likeness (QED) is 0.207. The van der Waals surface area contributed by atoms with Gasteiger partial charge in [-0.25, -0.2) is 0 Å². The Bertz CT molecular complexity index is 206. The van der Waals surface area contributed by atoms with Crippen molar-refractivity contribution >= 4 is 0 Å². The van der Waals surface area contributed by atoms with E-state index >= 15 is 0 Å². The maximum atomic E-state index is 9.31. The van der Waals surface area contributed by atoms with Crippen LogP contribution >= 0.6 is 0 Å². The third kappa shape index (κ3) is 24.0. The van der Waals surface area contributed by atoms with Crippen molar-refractivity contribution in [1.29, 1.82) is 0 Å². The largest absolute Gasteiger partial charge is 0.314 e. The Kier molecular flexibility index (Phi) is 29.8. The van der Waals surface area contributed by atoms with E-state index in [1.165, 1.54) is 101 Å². The fourth-order valence-corrected chi connectivity index (χ4v) is 3.00. The molecule has 0 aromatic rings. The highest BCUT2D eigenvalue weighted by Crippen LogP contribution is 2.13. The van der Waals surface area contributed by atoms with Gasteiger partial charge in [0.1, 0.15) is 0 Å². The monoisotopic (exact) mass is 353 g/mol. The van der Waals surface area contributed by atoms with Crippen molar-refractivity contribution in [2.45, 2.75) is 117 Å². The normalized spacial score (nSPS) is 10.5. The average molecular weight is 354 g/mol. The molecule has 0 atom stereocenters. The van der Waals surface area contributed by atoms with Crippen LogP contribution < -0.4 is 0 Å². The van der Waals surface area contributed by atoms with Crippen LogP contribution in [0.3, 0.4) is 0 Å². The first-order valence-electron chi connectivity index (χ1n) is 10.2. The molecule has 0 heterocycles. The van der Waals surface area contributed by atoms with Crippen molar-refractivity contribution in [3.05, 3.63) is 0 Å². The van der Waals surface area contributed by atoms with Crippen LogP contribution in [0.5, 0.6) is 0 Å². The van der Waals surface area contributed by atoms with Crippen LogP contribution in [-0.2, 0) is 0 Å². The number of unbranched alkanes of at least 4 members (excludes halogenated alkanes) is 15. The summed E-state index contributed by atoms with van der Waals surface area (Å²) < 4.78 is 0. The van der Waals surface area contributed by atoms with Gasteiger partial charge in [-0.3, -0.25) is 9.41 Å². The van der Waals surface area contributed by atoms with Crippen LogP contribution in [0.4, 0.5) is 9.41 Å². The zero-order valence-electron chi connectivity index (χ0n) is 16.4. The SMILES string of the molecule is CCCCCCCCCCCCCCCCCCN(O)CC.F.F. The van der Waals surface area contributed by atoms with E-state index in [-0.39, 0.29) is 9.41 Å². The fourth-order valence-electron chi connectivity index (χ4n) is 3.00. The van der Waals surface area contributed by atoms with Gasteiger partial charge in [0.15, 0.2) is 0 Å². The molecule has 0 aromatic carbocycles. The van der Waals surface area contributed by atoms with E-state index in [9.17, 15) is 5.21 Å². The summed E-state index contributed by atoms with van der Waals surface area (Å²) in [5, 5.41) is 10.7. The number of rotatable bonds is 18. The molecule has 0 fully saturated rings. The van der Waals surface area contributed by atoms with Gasteiger partial charge in [0.25, 0.3) is 0 Å². The van der Waals surface area contributed by atoms with E-state index in [4.69, 9.17) is 0 Å². The molecule has 150 valence electrons. The van der Waals surface area contributed by atoms with Gasteiger partial charge < -0.3 is 5.21 Å². The van der Waals surface area contributed by atoms with Gasteiger partial charge in [0.05, 0.1) is 0 Å². The lowest BCUT2D eigenvalue weighted by Gasteiger charge is -2.10. The lowest BCUT2D eigenvalue weighted by atomic mass is 10.0. The van der Waals surface area contributed by atoms with Crippen molar-refractivity contribution in [3.63, 3.8) is 0 Å². The fraction of sp³-hybridized carbons (Fsp3) is 1.00.